The molecule has 3 rings (SSSR count). The van der Waals surface area contributed by atoms with Gasteiger partial charge in [0.05, 0.1) is 5.56 Å². The zero-order valence-electron chi connectivity index (χ0n) is 11.7. The first-order chi connectivity index (χ1) is 10.6. The summed E-state index contributed by atoms with van der Waals surface area (Å²) in [6.45, 7) is 2.07. The lowest BCUT2D eigenvalue weighted by Crippen LogP contribution is -1.83. The molecule has 4 heteroatoms. The predicted molar refractivity (Wildman–Crippen MR) is 92.3 cm³/mol. The van der Waals surface area contributed by atoms with E-state index in [1.165, 1.54) is 17.2 Å². The van der Waals surface area contributed by atoms with Gasteiger partial charge in [0.2, 0.25) is 0 Å². The molecule has 0 fully saturated rings. The predicted octanol–water partition coefficient (Wildman–Crippen LogP) is 6.16. The smallest absolute Gasteiger partial charge is 0.140 e. The van der Waals surface area contributed by atoms with Gasteiger partial charge in [-0.2, -0.15) is 5.26 Å². The molecule has 0 amide bonds. The molecule has 2 aromatic carbocycles. The molecular weight excluding hydrogens is 361 g/mol. The SMILES string of the molecule is Cc1cc(Br)ccc1-c1ccc(-c2ccc(F)c(C#N)c2)s1. The molecule has 0 saturated heterocycles. The van der Waals surface area contributed by atoms with E-state index in [1.54, 1.807) is 23.5 Å². The number of aryl methyl sites for hydroxylation is 1. The van der Waals surface area contributed by atoms with Gasteiger partial charge in [-0.3, -0.25) is 0 Å². The molecule has 1 nitrogen and oxygen atoms in total. The van der Waals surface area contributed by atoms with Crippen molar-refractivity contribution in [2.75, 3.05) is 0 Å². The number of halogens is 2. The fourth-order valence-corrected chi connectivity index (χ4v) is 3.87. The van der Waals surface area contributed by atoms with Crippen molar-refractivity contribution < 1.29 is 4.39 Å². The topological polar surface area (TPSA) is 23.8 Å². The van der Waals surface area contributed by atoms with Crippen LogP contribution in [0.1, 0.15) is 11.1 Å². The largest absolute Gasteiger partial charge is 0.206 e. The molecule has 22 heavy (non-hydrogen) atoms. The van der Waals surface area contributed by atoms with E-state index in [2.05, 4.69) is 41.1 Å². The summed E-state index contributed by atoms with van der Waals surface area (Å²) in [7, 11) is 0. The molecule has 0 spiro atoms. The van der Waals surface area contributed by atoms with Gasteiger partial charge in [-0.1, -0.05) is 28.1 Å². The number of benzene rings is 2. The van der Waals surface area contributed by atoms with Gasteiger partial charge in [-0.25, -0.2) is 4.39 Å². The number of hydrogen-bond donors (Lipinski definition) is 0. The minimum Gasteiger partial charge on any atom is -0.206 e. The zero-order chi connectivity index (χ0) is 15.7. The molecule has 0 radical (unpaired) electrons. The molecule has 0 aliphatic heterocycles. The van der Waals surface area contributed by atoms with Gasteiger partial charge >= 0.3 is 0 Å². The Morgan fingerprint density at radius 1 is 1.05 bits per heavy atom. The molecule has 0 bridgehead atoms. The Kier molecular flexibility index (Phi) is 4.10. The third-order valence-electron chi connectivity index (χ3n) is 3.43. The number of nitriles is 1. The summed E-state index contributed by atoms with van der Waals surface area (Å²) < 4.78 is 14.5. The molecule has 1 heterocycles. The summed E-state index contributed by atoms with van der Waals surface area (Å²) in [6.07, 6.45) is 0. The van der Waals surface area contributed by atoms with E-state index in [1.807, 2.05) is 18.2 Å². The van der Waals surface area contributed by atoms with Crippen LogP contribution in [-0.4, -0.2) is 0 Å². The summed E-state index contributed by atoms with van der Waals surface area (Å²) in [4.78, 5) is 2.18. The Balaban J connectivity index is 2.02. The summed E-state index contributed by atoms with van der Waals surface area (Å²) in [5.41, 5.74) is 3.32. The molecular formula is C18H11BrFNS. The highest BCUT2D eigenvalue weighted by Gasteiger charge is 2.09. The van der Waals surface area contributed by atoms with Crippen LogP contribution >= 0.6 is 27.3 Å². The summed E-state index contributed by atoms with van der Waals surface area (Å²) in [5.74, 6) is -0.480. The first-order valence-corrected chi connectivity index (χ1v) is 8.26. The van der Waals surface area contributed by atoms with Crippen molar-refractivity contribution in [2.45, 2.75) is 6.92 Å². The molecule has 0 N–H and O–H groups in total. The number of rotatable bonds is 2. The van der Waals surface area contributed by atoms with E-state index in [-0.39, 0.29) is 5.56 Å². The second kappa shape index (κ2) is 6.04. The quantitative estimate of drug-likeness (QED) is 0.528. The van der Waals surface area contributed by atoms with Crippen LogP contribution in [0.25, 0.3) is 20.9 Å². The van der Waals surface area contributed by atoms with Gasteiger partial charge in [0.1, 0.15) is 11.9 Å². The lowest BCUT2D eigenvalue weighted by atomic mass is 10.1. The third kappa shape index (κ3) is 2.83. The molecule has 108 valence electrons. The summed E-state index contributed by atoms with van der Waals surface area (Å²) in [5, 5.41) is 8.94. The molecule has 0 saturated carbocycles. The van der Waals surface area contributed by atoms with Crippen molar-refractivity contribution in [3.8, 4) is 27.0 Å². The van der Waals surface area contributed by atoms with E-state index in [9.17, 15) is 4.39 Å². The Hall–Kier alpha value is -1.96. The minimum atomic E-state index is -0.480. The van der Waals surface area contributed by atoms with Crippen LogP contribution in [0.2, 0.25) is 0 Å². The number of nitrogens with zero attached hydrogens (tertiary/aromatic N) is 1. The molecule has 0 aliphatic carbocycles. The van der Waals surface area contributed by atoms with Crippen molar-refractivity contribution >= 4 is 27.3 Å². The average Bonchev–Trinajstić information content (AvgIpc) is 2.97. The highest BCUT2D eigenvalue weighted by Crippen LogP contribution is 2.36. The zero-order valence-corrected chi connectivity index (χ0v) is 14.1. The highest BCUT2D eigenvalue weighted by atomic mass is 79.9. The second-order valence-electron chi connectivity index (χ2n) is 4.93. The van der Waals surface area contributed by atoms with E-state index < -0.39 is 5.82 Å². The lowest BCUT2D eigenvalue weighted by molar-refractivity contribution is 0.624. The minimum absolute atomic E-state index is 0.0762. The van der Waals surface area contributed by atoms with Crippen LogP contribution in [0.4, 0.5) is 4.39 Å². The van der Waals surface area contributed by atoms with Crippen LogP contribution in [-0.2, 0) is 0 Å². The maximum Gasteiger partial charge on any atom is 0.140 e. The molecule has 0 aliphatic rings. The third-order valence-corrected chi connectivity index (χ3v) is 5.09. The molecule has 0 atom stereocenters. The van der Waals surface area contributed by atoms with Crippen molar-refractivity contribution in [3.05, 3.63) is 69.9 Å². The maximum atomic E-state index is 13.4. The normalized spacial score (nSPS) is 10.5. The summed E-state index contributed by atoms with van der Waals surface area (Å²) in [6, 6.07) is 16.8. The Bertz CT molecular complexity index is 892. The van der Waals surface area contributed by atoms with Gasteiger partial charge < -0.3 is 0 Å². The second-order valence-corrected chi connectivity index (χ2v) is 6.93. The first kappa shape index (κ1) is 15.0. The van der Waals surface area contributed by atoms with Crippen LogP contribution in [0.3, 0.4) is 0 Å². The molecule has 3 aromatic rings. The van der Waals surface area contributed by atoms with Gasteiger partial charge in [-0.15, -0.1) is 11.3 Å². The molecule has 1 aromatic heterocycles. The number of thiophene rings is 1. The van der Waals surface area contributed by atoms with E-state index in [0.29, 0.717) is 0 Å². The molecule has 0 unspecified atom stereocenters. The monoisotopic (exact) mass is 371 g/mol. The van der Waals surface area contributed by atoms with E-state index in [4.69, 9.17) is 5.26 Å². The van der Waals surface area contributed by atoms with Crippen LogP contribution in [0.5, 0.6) is 0 Å². The average molecular weight is 372 g/mol. The first-order valence-electron chi connectivity index (χ1n) is 6.65. The van der Waals surface area contributed by atoms with Crippen molar-refractivity contribution in [2.24, 2.45) is 0 Å². The van der Waals surface area contributed by atoms with Crippen LogP contribution < -0.4 is 0 Å². The fraction of sp³-hybridized carbons (Fsp3) is 0.0556. The Morgan fingerprint density at radius 3 is 2.55 bits per heavy atom. The maximum absolute atomic E-state index is 13.4. The van der Waals surface area contributed by atoms with Gasteiger partial charge in [-0.05, 0) is 60.0 Å². The van der Waals surface area contributed by atoms with E-state index >= 15 is 0 Å². The lowest BCUT2D eigenvalue weighted by Gasteiger charge is -2.03. The van der Waals surface area contributed by atoms with Crippen LogP contribution in [0.15, 0.2) is 53.0 Å². The van der Waals surface area contributed by atoms with Gasteiger partial charge in [0, 0.05) is 14.2 Å². The fourth-order valence-electron chi connectivity index (χ4n) is 2.31. The standard InChI is InChI=1S/C18H11BrFNS/c1-11-8-14(19)3-4-15(11)18-7-6-17(22-18)12-2-5-16(20)13(9-12)10-21/h2-9H,1H3. The van der Waals surface area contributed by atoms with Crippen LogP contribution in [0, 0.1) is 24.1 Å². The van der Waals surface area contributed by atoms with Crippen molar-refractivity contribution in [3.63, 3.8) is 0 Å². The summed E-state index contributed by atoms with van der Waals surface area (Å²) >= 11 is 5.11. The van der Waals surface area contributed by atoms with Gasteiger partial charge in [0.15, 0.2) is 0 Å². The Labute approximate surface area is 140 Å². The Morgan fingerprint density at radius 2 is 1.82 bits per heavy atom. The van der Waals surface area contributed by atoms with Gasteiger partial charge in [0.25, 0.3) is 0 Å². The van der Waals surface area contributed by atoms with E-state index in [0.717, 1.165) is 19.8 Å². The van der Waals surface area contributed by atoms with Crippen molar-refractivity contribution in [1.29, 1.82) is 5.26 Å². The highest BCUT2D eigenvalue weighted by molar-refractivity contribution is 9.10. The number of hydrogen-bond acceptors (Lipinski definition) is 2. The van der Waals surface area contributed by atoms with Crippen molar-refractivity contribution in [1.82, 2.24) is 0 Å².